The Hall–Kier alpha value is -2.82. The summed E-state index contributed by atoms with van der Waals surface area (Å²) < 4.78 is 0. The zero-order valence-electron chi connectivity index (χ0n) is 16.8. The summed E-state index contributed by atoms with van der Waals surface area (Å²) in [6.07, 6.45) is 4.53. The van der Waals surface area contributed by atoms with Crippen LogP contribution < -0.4 is 10.6 Å². The van der Waals surface area contributed by atoms with Crippen molar-refractivity contribution in [1.82, 2.24) is 4.90 Å². The van der Waals surface area contributed by atoms with Crippen LogP contribution in [0.25, 0.3) is 0 Å². The second kappa shape index (κ2) is 9.40. The molecule has 5 heteroatoms. The van der Waals surface area contributed by atoms with Gasteiger partial charge in [0.1, 0.15) is 0 Å². The lowest BCUT2D eigenvalue weighted by Crippen LogP contribution is -2.31. The van der Waals surface area contributed by atoms with Crippen molar-refractivity contribution in [1.29, 1.82) is 0 Å². The number of aryl methyl sites for hydroxylation is 2. The topological polar surface area (TPSA) is 61.4 Å². The van der Waals surface area contributed by atoms with Crippen LogP contribution in [0.2, 0.25) is 0 Å². The molecule has 0 saturated carbocycles. The lowest BCUT2D eigenvalue weighted by Gasteiger charge is -2.20. The monoisotopic (exact) mass is 379 g/mol. The maximum absolute atomic E-state index is 12.8. The van der Waals surface area contributed by atoms with Crippen LogP contribution in [0.15, 0.2) is 42.5 Å². The minimum Gasteiger partial charge on any atom is -0.376 e. The molecule has 2 aromatic carbocycles. The third-order valence-electron chi connectivity index (χ3n) is 5.25. The van der Waals surface area contributed by atoms with Crippen molar-refractivity contribution >= 4 is 23.2 Å². The van der Waals surface area contributed by atoms with Gasteiger partial charge in [-0.05, 0) is 68.1 Å². The number of amides is 2. The Morgan fingerprint density at radius 3 is 2.36 bits per heavy atom. The fourth-order valence-electron chi connectivity index (χ4n) is 3.43. The van der Waals surface area contributed by atoms with Gasteiger partial charge in [-0.1, -0.05) is 25.0 Å². The van der Waals surface area contributed by atoms with E-state index in [9.17, 15) is 9.59 Å². The molecular formula is C23H29N3O2. The van der Waals surface area contributed by atoms with Crippen LogP contribution in [-0.2, 0) is 4.79 Å². The third-order valence-corrected chi connectivity index (χ3v) is 5.25. The van der Waals surface area contributed by atoms with Gasteiger partial charge < -0.3 is 15.5 Å². The van der Waals surface area contributed by atoms with Gasteiger partial charge in [-0.25, -0.2) is 0 Å². The number of anilines is 2. The molecule has 0 atom stereocenters. The van der Waals surface area contributed by atoms with Crippen LogP contribution in [-0.4, -0.2) is 36.3 Å². The number of carbonyl (C=O) groups is 2. The van der Waals surface area contributed by atoms with E-state index in [0.717, 1.165) is 42.9 Å². The van der Waals surface area contributed by atoms with E-state index in [-0.39, 0.29) is 18.4 Å². The molecule has 0 radical (unpaired) electrons. The van der Waals surface area contributed by atoms with E-state index in [1.165, 1.54) is 18.4 Å². The van der Waals surface area contributed by atoms with Crippen molar-refractivity contribution in [3.05, 3.63) is 59.2 Å². The number of hydrogen-bond donors (Lipinski definition) is 2. The summed E-state index contributed by atoms with van der Waals surface area (Å²) in [6.45, 7) is 5.87. The first-order valence-corrected chi connectivity index (χ1v) is 10.0. The van der Waals surface area contributed by atoms with E-state index < -0.39 is 0 Å². The number of likely N-dealkylation sites (tertiary alicyclic amines) is 1. The van der Waals surface area contributed by atoms with E-state index in [1.54, 1.807) is 0 Å². The molecule has 3 rings (SSSR count). The van der Waals surface area contributed by atoms with Gasteiger partial charge in [0, 0.05) is 30.0 Å². The molecule has 1 fully saturated rings. The predicted molar refractivity (Wildman–Crippen MR) is 114 cm³/mol. The first kappa shape index (κ1) is 19.9. The Labute approximate surface area is 167 Å². The van der Waals surface area contributed by atoms with Crippen molar-refractivity contribution in [3.63, 3.8) is 0 Å². The summed E-state index contributed by atoms with van der Waals surface area (Å²) >= 11 is 0. The molecule has 0 aliphatic carbocycles. The van der Waals surface area contributed by atoms with Gasteiger partial charge in [-0.15, -0.1) is 0 Å². The van der Waals surface area contributed by atoms with Crippen molar-refractivity contribution in [2.45, 2.75) is 39.5 Å². The van der Waals surface area contributed by atoms with E-state index >= 15 is 0 Å². The first-order chi connectivity index (χ1) is 13.5. The first-order valence-electron chi connectivity index (χ1n) is 10.0. The SMILES string of the molecule is Cc1ccc(NC(=O)CNc2cccc(C(=O)N3CCCCCC3)c2)cc1C. The molecular weight excluding hydrogens is 350 g/mol. The summed E-state index contributed by atoms with van der Waals surface area (Å²) in [6, 6.07) is 13.3. The standard InChI is InChI=1S/C23H29N3O2/c1-17-10-11-21(14-18(17)2)25-22(27)16-24-20-9-7-8-19(15-20)23(28)26-12-5-3-4-6-13-26/h7-11,14-15,24H,3-6,12-13,16H2,1-2H3,(H,25,27). The molecule has 2 amide bonds. The van der Waals surface area contributed by atoms with Crippen molar-refractivity contribution in [2.24, 2.45) is 0 Å². The zero-order valence-corrected chi connectivity index (χ0v) is 16.8. The zero-order chi connectivity index (χ0) is 19.9. The van der Waals surface area contributed by atoms with Crippen molar-refractivity contribution in [3.8, 4) is 0 Å². The highest BCUT2D eigenvalue weighted by Crippen LogP contribution is 2.17. The van der Waals surface area contributed by atoms with Gasteiger partial charge in [-0.3, -0.25) is 9.59 Å². The van der Waals surface area contributed by atoms with Gasteiger partial charge in [0.05, 0.1) is 6.54 Å². The minimum absolute atomic E-state index is 0.0742. The Morgan fingerprint density at radius 1 is 0.893 bits per heavy atom. The second-order valence-electron chi connectivity index (χ2n) is 7.49. The quantitative estimate of drug-likeness (QED) is 0.811. The van der Waals surface area contributed by atoms with Crippen LogP contribution >= 0.6 is 0 Å². The maximum Gasteiger partial charge on any atom is 0.253 e. The number of nitrogens with zero attached hydrogens (tertiary/aromatic N) is 1. The van der Waals surface area contributed by atoms with Crippen LogP contribution in [0, 0.1) is 13.8 Å². The number of rotatable bonds is 5. The molecule has 2 N–H and O–H groups in total. The second-order valence-corrected chi connectivity index (χ2v) is 7.49. The van der Waals surface area contributed by atoms with Crippen LogP contribution in [0.4, 0.5) is 11.4 Å². The highest BCUT2D eigenvalue weighted by atomic mass is 16.2. The van der Waals surface area contributed by atoms with Gasteiger partial charge in [-0.2, -0.15) is 0 Å². The number of hydrogen-bond acceptors (Lipinski definition) is 3. The molecule has 148 valence electrons. The summed E-state index contributed by atoms with van der Waals surface area (Å²) in [5.74, 6) is -0.0439. The van der Waals surface area contributed by atoms with Crippen molar-refractivity contribution in [2.75, 3.05) is 30.3 Å². The molecule has 0 bridgehead atoms. The fraction of sp³-hybridized carbons (Fsp3) is 0.391. The molecule has 1 aliphatic heterocycles. The molecule has 1 saturated heterocycles. The predicted octanol–water partition coefficient (Wildman–Crippen LogP) is 4.37. The van der Waals surface area contributed by atoms with E-state index in [2.05, 4.69) is 10.6 Å². The smallest absolute Gasteiger partial charge is 0.253 e. The molecule has 5 nitrogen and oxygen atoms in total. The largest absolute Gasteiger partial charge is 0.376 e. The molecule has 1 aliphatic rings. The Balaban J connectivity index is 1.57. The average molecular weight is 380 g/mol. The number of nitrogens with one attached hydrogen (secondary N) is 2. The minimum atomic E-state index is -0.118. The Morgan fingerprint density at radius 2 is 1.64 bits per heavy atom. The third kappa shape index (κ3) is 5.35. The molecule has 0 unspecified atom stereocenters. The normalized spacial score (nSPS) is 14.3. The summed E-state index contributed by atoms with van der Waals surface area (Å²) in [7, 11) is 0. The average Bonchev–Trinajstić information content (AvgIpc) is 2.98. The van der Waals surface area contributed by atoms with Gasteiger partial charge in [0.15, 0.2) is 0 Å². The molecule has 1 heterocycles. The fourth-order valence-corrected chi connectivity index (χ4v) is 3.43. The summed E-state index contributed by atoms with van der Waals surface area (Å²) in [5.41, 5.74) is 4.57. The lowest BCUT2D eigenvalue weighted by atomic mass is 10.1. The molecule has 28 heavy (non-hydrogen) atoms. The van der Waals surface area contributed by atoms with Crippen LogP contribution in [0.5, 0.6) is 0 Å². The van der Waals surface area contributed by atoms with E-state index in [4.69, 9.17) is 0 Å². The number of carbonyl (C=O) groups excluding carboxylic acids is 2. The van der Waals surface area contributed by atoms with Crippen LogP contribution in [0.1, 0.15) is 47.2 Å². The van der Waals surface area contributed by atoms with E-state index in [1.807, 2.05) is 61.2 Å². The van der Waals surface area contributed by atoms with Crippen LogP contribution in [0.3, 0.4) is 0 Å². The van der Waals surface area contributed by atoms with Gasteiger partial charge >= 0.3 is 0 Å². The highest BCUT2D eigenvalue weighted by molar-refractivity contribution is 5.96. The highest BCUT2D eigenvalue weighted by Gasteiger charge is 2.17. The summed E-state index contributed by atoms with van der Waals surface area (Å²) in [5, 5.41) is 6.02. The van der Waals surface area contributed by atoms with Gasteiger partial charge in [0.2, 0.25) is 5.91 Å². The van der Waals surface area contributed by atoms with Crippen molar-refractivity contribution < 1.29 is 9.59 Å². The van der Waals surface area contributed by atoms with Gasteiger partial charge in [0.25, 0.3) is 5.91 Å². The molecule has 2 aromatic rings. The molecule has 0 aromatic heterocycles. The maximum atomic E-state index is 12.8. The summed E-state index contributed by atoms with van der Waals surface area (Å²) in [4.78, 5) is 26.9. The molecule has 0 spiro atoms. The number of benzene rings is 2. The lowest BCUT2D eigenvalue weighted by molar-refractivity contribution is -0.114. The Kier molecular flexibility index (Phi) is 6.69. The Bertz CT molecular complexity index is 839. The van der Waals surface area contributed by atoms with E-state index in [0.29, 0.717) is 5.56 Å².